The van der Waals surface area contributed by atoms with E-state index in [1.54, 1.807) is 0 Å². The van der Waals surface area contributed by atoms with Crippen LogP contribution in [0.1, 0.15) is 31.9 Å². The molecule has 1 aromatic carbocycles. The molecule has 1 N–H and O–H groups in total. The van der Waals surface area contributed by atoms with Gasteiger partial charge in [-0.25, -0.2) is 0 Å². The van der Waals surface area contributed by atoms with Crippen LogP contribution in [-0.2, 0) is 0 Å². The lowest BCUT2D eigenvalue weighted by atomic mass is 10.1. The normalized spacial score (nSPS) is 22.3. The molecule has 2 atom stereocenters. The Balaban J connectivity index is 1.92. The minimum Gasteiger partial charge on any atom is -0.317 e. The van der Waals surface area contributed by atoms with Gasteiger partial charge in [0, 0.05) is 17.1 Å². The van der Waals surface area contributed by atoms with E-state index in [2.05, 4.69) is 64.3 Å². The standard InChI is InChI=1S/C15H23BrN2/c1-3-17-10-13-7-8-18(11-13)12(2)14-5-4-6-15(16)9-14/h4-6,9,12-13,17H,3,7-8,10-11H2,1-2H3. The fourth-order valence-corrected chi connectivity index (χ4v) is 3.12. The van der Waals surface area contributed by atoms with Crippen molar-refractivity contribution in [1.82, 2.24) is 10.2 Å². The molecule has 0 spiro atoms. The third-order valence-electron chi connectivity index (χ3n) is 3.88. The Bertz CT molecular complexity index is 381. The number of hydrogen-bond acceptors (Lipinski definition) is 2. The molecule has 0 amide bonds. The third-order valence-corrected chi connectivity index (χ3v) is 4.37. The molecule has 0 radical (unpaired) electrons. The number of rotatable bonds is 5. The third kappa shape index (κ3) is 3.56. The molecule has 0 saturated carbocycles. The van der Waals surface area contributed by atoms with Gasteiger partial charge in [0.2, 0.25) is 0 Å². The highest BCUT2D eigenvalue weighted by Crippen LogP contribution is 2.28. The zero-order valence-electron chi connectivity index (χ0n) is 11.3. The van der Waals surface area contributed by atoms with Crippen molar-refractivity contribution in [2.24, 2.45) is 5.92 Å². The van der Waals surface area contributed by atoms with E-state index in [0.29, 0.717) is 6.04 Å². The van der Waals surface area contributed by atoms with E-state index in [-0.39, 0.29) is 0 Å². The maximum Gasteiger partial charge on any atom is 0.0320 e. The molecule has 2 rings (SSSR count). The first-order valence-electron chi connectivity index (χ1n) is 6.91. The van der Waals surface area contributed by atoms with E-state index in [4.69, 9.17) is 0 Å². The molecule has 0 bridgehead atoms. The molecule has 1 aliphatic rings. The minimum absolute atomic E-state index is 0.522. The molecule has 1 saturated heterocycles. The number of halogens is 1. The molecule has 0 aromatic heterocycles. The van der Waals surface area contributed by atoms with Crippen molar-refractivity contribution in [3.05, 3.63) is 34.3 Å². The summed E-state index contributed by atoms with van der Waals surface area (Å²) >= 11 is 3.56. The summed E-state index contributed by atoms with van der Waals surface area (Å²) in [4.78, 5) is 2.60. The molecule has 100 valence electrons. The SMILES string of the molecule is CCNCC1CCN(C(C)c2cccc(Br)c2)C1. The Morgan fingerprint density at radius 1 is 1.50 bits per heavy atom. The molecule has 18 heavy (non-hydrogen) atoms. The summed E-state index contributed by atoms with van der Waals surface area (Å²) < 4.78 is 1.18. The maximum absolute atomic E-state index is 3.56. The first kappa shape index (κ1) is 14.0. The van der Waals surface area contributed by atoms with Gasteiger partial charge in [0.1, 0.15) is 0 Å². The van der Waals surface area contributed by atoms with Gasteiger partial charge in [0.25, 0.3) is 0 Å². The van der Waals surface area contributed by atoms with Gasteiger partial charge in [-0.3, -0.25) is 4.90 Å². The number of likely N-dealkylation sites (tertiary alicyclic amines) is 1. The van der Waals surface area contributed by atoms with Crippen LogP contribution in [-0.4, -0.2) is 31.1 Å². The van der Waals surface area contributed by atoms with E-state index in [0.717, 1.165) is 19.0 Å². The number of hydrogen-bond donors (Lipinski definition) is 1. The topological polar surface area (TPSA) is 15.3 Å². The summed E-state index contributed by atoms with van der Waals surface area (Å²) in [6, 6.07) is 9.21. The average molecular weight is 311 g/mol. The molecule has 1 aromatic rings. The lowest BCUT2D eigenvalue weighted by Gasteiger charge is -2.25. The van der Waals surface area contributed by atoms with Crippen LogP contribution in [0.25, 0.3) is 0 Å². The predicted molar refractivity (Wildman–Crippen MR) is 80.8 cm³/mol. The first-order valence-corrected chi connectivity index (χ1v) is 7.70. The first-order chi connectivity index (χ1) is 8.70. The second kappa shape index (κ2) is 6.69. The van der Waals surface area contributed by atoms with Gasteiger partial charge in [-0.1, -0.05) is 35.0 Å². The fourth-order valence-electron chi connectivity index (χ4n) is 2.71. The summed E-state index contributed by atoms with van der Waals surface area (Å²) in [6.45, 7) is 9.19. The number of benzene rings is 1. The van der Waals surface area contributed by atoms with Crippen LogP contribution in [0.4, 0.5) is 0 Å². The fraction of sp³-hybridized carbons (Fsp3) is 0.600. The van der Waals surface area contributed by atoms with Gasteiger partial charge in [0.15, 0.2) is 0 Å². The van der Waals surface area contributed by atoms with E-state index < -0.39 is 0 Å². The van der Waals surface area contributed by atoms with Crippen LogP contribution >= 0.6 is 15.9 Å². The lowest BCUT2D eigenvalue weighted by Crippen LogP contribution is -2.28. The monoisotopic (exact) mass is 310 g/mol. The minimum atomic E-state index is 0.522. The van der Waals surface area contributed by atoms with Crippen molar-refractivity contribution < 1.29 is 0 Å². The van der Waals surface area contributed by atoms with Crippen molar-refractivity contribution >= 4 is 15.9 Å². The quantitative estimate of drug-likeness (QED) is 0.896. The molecular formula is C15H23BrN2. The van der Waals surface area contributed by atoms with Crippen LogP contribution in [0.15, 0.2) is 28.7 Å². The van der Waals surface area contributed by atoms with Gasteiger partial charge in [-0.15, -0.1) is 0 Å². The molecule has 0 aliphatic carbocycles. The molecule has 2 unspecified atom stereocenters. The second-order valence-corrected chi connectivity index (χ2v) is 6.10. The zero-order chi connectivity index (χ0) is 13.0. The Kier molecular flexibility index (Phi) is 5.22. The Hall–Kier alpha value is -0.380. The van der Waals surface area contributed by atoms with Gasteiger partial charge in [0.05, 0.1) is 0 Å². The van der Waals surface area contributed by atoms with Crippen LogP contribution in [0.5, 0.6) is 0 Å². The summed E-state index contributed by atoms with van der Waals surface area (Å²) in [6.07, 6.45) is 1.32. The average Bonchev–Trinajstić information content (AvgIpc) is 2.84. The van der Waals surface area contributed by atoms with Gasteiger partial charge in [-0.2, -0.15) is 0 Å². The van der Waals surface area contributed by atoms with Gasteiger partial charge < -0.3 is 5.32 Å². The zero-order valence-corrected chi connectivity index (χ0v) is 12.9. The smallest absolute Gasteiger partial charge is 0.0320 e. The molecule has 2 nitrogen and oxygen atoms in total. The van der Waals surface area contributed by atoms with Crippen molar-refractivity contribution in [3.63, 3.8) is 0 Å². The van der Waals surface area contributed by atoms with E-state index in [1.807, 2.05) is 0 Å². The molecular weight excluding hydrogens is 288 g/mol. The van der Waals surface area contributed by atoms with Crippen molar-refractivity contribution in [2.75, 3.05) is 26.2 Å². The van der Waals surface area contributed by atoms with Crippen LogP contribution in [0.2, 0.25) is 0 Å². The lowest BCUT2D eigenvalue weighted by molar-refractivity contribution is 0.252. The van der Waals surface area contributed by atoms with Gasteiger partial charge >= 0.3 is 0 Å². The molecule has 1 aliphatic heterocycles. The van der Waals surface area contributed by atoms with E-state index >= 15 is 0 Å². The van der Waals surface area contributed by atoms with E-state index in [9.17, 15) is 0 Å². The van der Waals surface area contributed by atoms with Gasteiger partial charge in [-0.05, 0) is 56.6 Å². The maximum atomic E-state index is 3.56. The highest BCUT2D eigenvalue weighted by Gasteiger charge is 2.26. The largest absolute Gasteiger partial charge is 0.317 e. The number of nitrogens with one attached hydrogen (secondary N) is 1. The predicted octanol–water partition coefficient (Wildman–Crippen LogP) is 3.44. The van der Waals surface area contributed by atoms with E-state index in [1.165, 1.54) is 29.5 Å². The van der Waals surface area contributed by atoms with Crippen molar-refractivity contribution in [2.45, 2.75) is 26.3 Å². The van der Waals surface area contributed by atoms with Crippen molar-refractivity contribution in [3.8, 4) is 0 Å². The highest BCUT2D eigenvalue weighted by molar-refractivity contribution is 9.10. The highest BCUT2D eigenvalue weighted by atomic mass is 79.9. The van der Waals surface area contributed by atoms with Crippen LogP contribution < -0.4 is 5.32 Å². The Morgan fingerprint density at radius 2 is 2.33 bits per heavy atom. The van der Waals surface area contributed by atoms with Crippen LogP contribution in [0.3, 0.4) is 0 Å². The summed E-state index contributed by atoms with van der Waals surface area (Å²) in [5.41, 5.74) is 1.41. The summed E-state index contributed by atoms with van der Waals surface area (Å²) in [5, 5.41) is 3.46. The van der Waals surface area contributed by atoms with Crippen molar-refractivity contribution in [1.29, 1.82) is 0 Å². The second-order valence-electron chi connectivity index (χ2n) is 5.19. The van der Waals surface area contributed by atoms with Crippen LogP contribution in [0, 0.1) is 5.92 Å². The Morgan fingerprint density at radius 3 is 3.06 bits per heavy atom. The molecule has 1 fully saturated rings. The summed E-state index contributed by atoms with van der Waals surface area (Å²) in [5.74, 6) is 0.819. The molecule has 3 heteroatoms. The number of nitrogens with zero attached hydrogens (tertiary/aromatic N) is 1. The summed E-state index contributed by atoms with van der Waals surface area (Å²) in [7, 11) is 0. The Labute approximate surface area is 119 Å². The molecule has 1 heterocycles.